The number of hydrogen-bond donors (Lipinski definition) is 3. The van der Waals surface area contributed by atoms with Gasteiger partial charge >= 0.3 is 5.69 Å². The van der Waals surface area contributed by atoms with E-state index in [0.29, 0.717) is 41.9 Å². The summed E-state index contributed by atoms with van der Waals surface area (Å²) in [6.45, 7) is 2.78. The number of hydrazine groups is 1. The van der Waals surface area contributed by atoms with Crippen LogP contribution in [0.4, 0.5) is 10.2 Å². The first-order valence-corrected chi connectivity index (χ1v) is 10.9. The van der Waals surface area contributed by atoms with E-state index in [4.69, 9.17) is 5.73 Å². The van der Waals surface area contributed by atoms with E-state index < -0.39 is 6.04 Å². The minimum atomic E-state index is -0.544. The number of nitrogens with one attached hydrogen (secondary N) is 2. The van der Waals surface area contributed by atoms with E-state index in [-0.39, 0.29) is 23.2 Å². The topological polar surface area (TPSA) is 114 Å². The zero-order valence-corrected chi connectivity index (χ0v) is 18.1. The summed E-state index contributed by atoms with van der Waals surface area (Å²) in [5.41, 5.74) is 9.72. The van der Waals surface area contributed by atoms with E-state index in [0.717, 1.165) is 24.8 Å². The van der Waals surface area contributed by atoms with Crippen LogP contribution in [0.1, 0.15) is 37.6 Å². The lowest BCUT2D eigenvalue weighted by atomic mass is 10.1. The molecule has 10 heteroatoms. The molecule has 3 heterocycles. The fourth-order valence-corrected chi connectivity index (χ4v) is 3.90. The molecule has 170 valence electrons. The van der Waals surface area contributed by atoms with Crippen molar-refractivity contribution in [3.8, 4) is 0 Å². The Morgan fingerprint density at radius 2 is 1.91 bits per heavy atom. The first kappa shape index (κ1) is 21.8. The standard InChI is InChI=1S/C22H28FN7O2/c1-2-3-4-12-29-21(31)19-20(27-18(26-19)14-17-9-11-25-30(17)23)28(22(29)32)13-10-15-5-7-16(24)8-6-15/h5-9,11,17,25H,2-4,10,12-14,24H2,1H3,(H,26,27). The second-order valence-electron chi connectivity index (χ2n) is 8.04. The summed E-state index contributed by atoms with van der Waals surface area (Å²) in [5.74, 6) is 0.449. The number of aromatic amines is 1. The summed E-state index contributed by atoms with van der Waals surface area (Å²) in [5, 5.41) is 0.477. The summed E-state index contributed by atoms with van der Waals surface area (Å²) in [6.07, 6.45) is 6.65. The number of aryl methyl sites for hydroxylation is 2. The number of nitrogens with zero attached hydrogens (tertiary/aromatic N) is 4. The quantitative estimate of drug-likeness (QED) is 0.266. The van der Waals surface area contributed by atoms with Crippen LogP contribution in [0.15, 0.2) is 46.1 Å². The molecule has 1 aliphatic rings. The summed E-state index contributed by atoms with van der Waals surface area (Å²) >= 11 is 0. The predicted octanol–water partition coefficient (Wildman–Crippen LogP) is 2.03. The van der Waals surface area contributed by atoms with Crippen molar-refractivity contribution in [2.24, 2.45) is 0 Å². The van der Waals surface area contributed by atoms with Crippen LogP contribution in [-0.4, -0.2) is 30.4 Å². The third-order valence-corrected chi connectivity index (χ3v) is 5.71. The van der Waals surface area contributed by atoms with Crippen molar-refractivity contribution in [2.75, 3.05) is 5.73 Å². The van der Waals surface area contributed by atoms with Gasteiger partial charge < -0.3 is 10.7 Å². The maximum Gasteiger partial charge on any atom is 0.332 e. The van der Waals surface area contributed by atoms with Crippen molar-refractivity contribution < 1.29 is 4.48 Å². The van der Waals surface area contributed by atoms with Gasteiger partial charge in [0.25, 0.3) is 5.56 Å². The number of aromatic nitrogens is 4. The molecule has 0 aliphatic carbocycles. The highest BCUT2D eigenvalue weighted by atomic mass is 19.2. The highest BCUT2D eigenvalue weighted by Gasteiger charge is 2.23. The smallest absolute Gasteiger partial charge is 0.332 e. The Labute approximate surface area is 184 Å². The van der Waals surface area contributed by atoms with Gasteiger partial charge in [0, 0.05) is 31.4 Å². The minimum Gasteiger partial charge on any atom is -0.399 e. The molecule has 0 saturated carbocycles. The SMILES string of the molecule is CCCCCn1c(=O)c2[nH]c(CC3C=CNN3F)nc2n(CCc2ccc(N)cc2)c1=O. The van der Waals surface area contributed by atoms with Crippen LogP contribution in [0.2, 0.25) is 0 Å². The molecule has 1 unspecified atom stereocenters. The average molecular weight is 442 g/mol. The van der Waals surface area contributed by atoms with Gasteiger partial charge in [-0.05, 0) is 36.6 Å². The highest BCUT2D eigenvalue weighted by Crippen LogP contribution is 2.14. The fourth-order valence-electron chi connectivity index (χ4n) is 3.90. The zero-order valence-electron chi connectivity index (χ0n) is 18.1. The Morgan fingerprint density at radius 1 is 1.12 bits per heavy atom. The van der Waals surface area contributed by atoms with Crippen molar-refractivity contribution in [3.63, 3.8) is 0 Å². The molecule has 3 aromatic rings. The van der Waals surface area contributed by atoms with Gasteiger partial charge in [-0.2, -0.15) is 0 Å². The lowest BCUT2D eigenvalue weighted by molar-refractivity contribution is -0.0300. The lowest BCUT2D eigenvalue weighted by Gasteiger charge is -2.12. The molecule has 0 bridgehead atoms. The normalized spacial score (nSPS) is 16.1. The molecule has 0 radical (unpaired) electrons. The molecule has 2 aromatic heterocycles. The molecule has 9 nitrogen and oxygen atoms in total. The van der Waals surface area contributed by atoms with Crippen LogP contribution >= 0.6 is 0 Å². The number of H-pyrrole nitrogens is 1. The number of anilines is 1. The number of rotatable bonds is 9. The van der Waals surface area contributed by atoms with E-state index in [1.165, 1.54) is 15.3 Å². The van der Waals surface area contributed by atoms with Crippen molar-refractivity contribution in [1.29, 1.82) is 0 Å². The first-order valence-electron chi connectivity index (χ1n) is 10.9. The maximum atomic E-state index is 13.8. The Morgan fingerprint density at radius 3 is 2.59 bits per heavy atom. The summed E-state index contributed by atoms with van der Waals surface area (Å²) < 4.78 is 16.6. The van der Waals surface area contributed by atoms with Gasteiger partial charge in [-0.3, -0.25) is 19.4 Å². The number of fused-ring (bicyclic) bond motifs is 1. The number of imidazole rings is 1. The minimum absolute atomic E-state index is 0.232. The van der Waals surface area contributed by atoms with Crippen LogP contribution in [0.25, 0.3) is 11.2 Å². The van der Waals surface area contributed by atoms with Gasteiger partial charge in [-0.25, -0.2) is 9.78 Å². The Hall–Kier alpha value is -3.40. The van der Waals surface area contributed by atoms with Gasteiger partial charge in [-0.1, -0.05) is 37.1 Å². The summed E-state index contributed by atoms with van der Waals surface area (Å²) in [7, 11) is 0. The van der Waals surface area contributed by atoms with Gasteiger partial charge in [0.1, 0.15) is 11.3 Å². The van der Waals surface area contributed by atoms with Crippen molar-refractivity contribution in [3.05, 3.63) is 68.8 Å². The van der Waals surface area contributed by atoms with E-state index in [2.05, 4.69) is 22.3 Å². The summed E-state index contributed by atoms with van der Waals surface area (Å²) in [6, 6.07) is 6.92. The van der Waals surface area contributed by atoms with Crippen molar-refractivity contribution >= 4 is 16.9 Å². The largest absolute Gasteiger partial charge is 0.399 e. The maximum absolute atomic E-state index is 13.8. The van der Waals surface area contributed by atoms with Crippen LogP contribution in [0.5, 0.6) is 0 Å². The average Bonchev–Trinajstić information content (AvgIpc) is 3.38. The predicted molar refractivity (Wildman–Crippen MR) is 121 cm³/mol. The molecule has 4 N–H and O–H groups in total. The molecule has 0 fully saturated rings. The Kier molecular flexibility index (Phi) is 6.40. The molecule has 0 amide bonds. The molecule has 1 atom stereocenters. The van der Waals surface area contributed by atoms with Gasteiger partial charge in [0.15, 0.2) is 5.65 Å². The van der Waals surface area contributed by atoms with Crippen LogP contribution in [0.3, 0.4) is 0 Å². The van der Waals surface area contributed by atoms with Gasteiger partial charge in [-0.15, -0.1) is 4.48 Å². The van der Waals surface area contributed by atoms with Crippen molar-refractivity contribution in [2.45, 2.75) is 58.2 Å². The number of nitrogen functional groups attached to an aromatic ring is 1. The molecule has 0 spiro atoms. The van der Waals surface area contributed by atoms with E-state index in [1.54, 1.807) is 6.08 Å². The summed E-state index contributed by atoms with van der Waals surface area (Å²) in [4.78, 5) is 33.9. The molecule has 0 saturated heterocycles. The third-order valence-electron chi connectivity index (χ3n) is 5.71. The molecular formula is C22H28FN7O2. The molecule has 4 rings (SSSR count). The second-order valence-corrected chi connectivity index (χ2v) is 8.04. The van der Waals surface area contributed by atoms with E-state index >= 15 is 0 Å². The zero-order chi connectivity index (χ0) is 22.7. The third kappa shape index (κ3) is 4.45. The number of halogens is 1. The monoisotopic (exact) mass is 441 g/mol. The Balaban J connectivity index is 1.71. The number of hydrogen-bond acceptors (Lipinski definition) is 6. The van der Waals surface area contributed by atoms with Gasteiger partial charge in [0.05, 0.1) is 6.04 Å². The van der Waals surface area contributed by atoms with Crippen molar-refractivity contribution in [1.82, 2.24) is 29.8 Å². The van der Waals surface area contributed by atoms with Crippen LogP contribution in [-0.2, 0) is 25.9 Å². The van der Waals surface area contributed by atoms with Crippen LogP contribution < -0.4 is 22.4 Å². The van der Waals surface area contributed by atoms with E-state index in [1.807, 2.05) is 24.3 Å². The molecule has 1 aromatic carbocycles. The number of nitrogens with two attached hydrogens (primary N) is 1. The Bertz CT molecular complexity index is 1230. The van der Waals surface area contributed by atoms with Crippen LogP contribution in [0, 0.1) is 0 Å². The number of unbranched alkanes of at least 4 members (excludes halogenated alkanes) is 2. The first-order chi connectivity index (χ1) is 15.5. The second kappa shape index (κ2) is 9.39. The lowest BCUT2D eigenvalue weighted by Crippen LogP contribution is -2.40. The molecule has 32 heavy (non-hydrogen) atoms. The fraction of sp³-hybridized carbons (Fsp3) is 0.409. The highest BCUT2D eigenvalue weighted by molar-refractivity contribution is 5.69. The van der Waals surface area contributed by atoms with E-state index in [9.17, 15) is 14.1 Å². The number of benzene rings is 1. The molecule has 1 aliphatic heterocycles. The van der Waals surface area contributed by atoms with Gasteiger partial charge in [0.2, 0.25) is 0 Å². The molecular weight excluding hydrogens is 413 g/mol.